The summed E-state index contributed by atoms with van der Waals surface area (Å²) in [4.78, 5) is 23.9. The minimum absolute atomic E-state index is 0.0669. The van der Waals surface area contributed by atoms with Crippen LogP contribution in [0, 0.1) is 0 Å². The van der Waals surface area contributed by atoms with Gasteiger partial charge in [0.25, 0.3) is 5.56 Å². The highest BCUT2D eigenvalue weighted by atomic mass is 79.9. The summed E-state index contributed by atoms with van der Waals surface area (Å²) < 4.78 is 0.313. The van der Waals surface area contributed by atoms with E-state index >= 15 is 0 Å². The third-order valence-electron chi connectivity index (χ3n) is 1.27. The number of hydrogen-bond acceptors (Lipinski definition) is 2. The van der Waals surface area contributed by atoms with E-state index in [0.29, 0.717) is 0 Å². The number of hydrogen-bond donors (Lipinski definition) is 2. The topological polar surface area (TPSA) is 70.2 Å². The van der Waals surface area contributed by atoms with E-state index in [0.717, 1.165) is 0 Å². The summed E-state index contributed by atoms with van der Waals surface area (Å²) in [5, 5.41) is 8.76. The molecule has 4 nitrogen and oxygen atoms in total. The molecule has 0 saturated heterocycles. The van der Waals surface area contributed by atoms with Gasteiger partial charge in [-0.2, -0.15) is 0 Å². The van der Waals surface area contributed by atoms with Crippen LogP contribution in [0.1, 0.15) is 10.4 Å². The third-order valence-corrected chi connectivity index (χ3v) is 3.49. The van der Waals surface area contributed by atoms with Crippen LogP contribution in [0.4, 0.5) is 0 Å². The molecule has 0 aliphatic heterocycles. The van der Waals surface area contributed by atoms with Crippen molar-refractivity contribution < 1.29 is 9.90 Å². The van der Waals surface area contributed by atoms with E-state index in [9.17, 15) is 9.59 Å². The lowest BCUT2D eigenvalue weighted by molar-refractivity contribution is 0.0694. The molecule has 0 spiro atoms. The van der Waals surface area contributed by atoms with Gasteiger partial charge in [0.2, 0.25) is 0 Å². The Morgan fingerprint density at radius 2 is 2.00 bits per heavy atom. The number of halogens is 3. The second-order valence-corrected chi connectivity index (χ2v) is 4.04. The van der Waals surface area contributed by atoms with Gasteiger partial charge in [0.1, 0.15) is 10.2 Å². The van der Waals surface area contributed by atoms with Gasteiger partial charge in [0.15, 0.2) is 0 Å². The summed E-state index contributed by atoms with van der Waals surface area (Å²) in [6.07, 6.45) is 0. The molecule has 0 saturated carbocycles. The molecule has 0 amide bonds. The maximum atomic E-state index is 11.1. The van der Waals surface area contributed by atoms with Gasteiger partial charge in [0.05, 0.1) is 9.50 Å². The molecule has 0 unspecified atom stereocenters. The molecule has 1 aromatic heterocycles. The SMILES string of the molecule is O=C(O)c1c(Br)c(Cl)c(Br)[nH]c1=O. The summed E-state index contributed by atoms with van der Waals surface area (Å²) in [7, 11) is 0. The van der Waals surface area contributed by atoms with Crippen molar-refractivity contribution in [2.45, 2.75) is 0 Å². The van der Waals surface area contributed by atoms with Crippen LogP contribution in [0.15, 0.2) is 13.9 Å². The Labute approximate surface area is 94.2 Å². The second-order valence-electron chi connectivity index (χ2n) is 2.08. The zero-order valence-electron chi connectivity index (χ0n) is 5.90. The molecule has 0 radical (unpaired) electrons. The highest BCUT2D eigenvalue weighted by Gasteiger charge is 2.18. The van der Waals surface area contributed by atoms with Crippen molar-refractivity contribution in [2.75, 3.05) is 0 Å². The van der Waals surface area contributed by atoms with Gasteiger partial charge < -0.3 is 10.1 Å². The largest absolute Gasteiger partial charge is 0.477 e. The highest BCUT2D eigenvalue weighted by molar-refractivity contribution is 9.11. The van der Waals surface area contributed by atoms with Crippen LogP contribution < -0.4 is 5.56 Å². The Kier molecular flexibility index (Phi) is 3.15. The van der Waals surface area contributed by atoms with Gasteiger partial charge in [-0.1, -0.05) is 11.6 Å². The first-order valence-corrected chi connectivity index (χ1v) is 4.91. The lowest BCUT2D eigenvalue weighted by atomic mass is 10.3. The van der Waals surface area contributed by atoms with Crippen molar-refractivity contribution >= 4 is 49.4 Å². The fourth-order valence-electron chi connectivity index (χ4n) is 0.714. The second kappa shape index (κ2) is 3.81. The molecule has 0 aliphatic carbocycles. The van der Waals surface area contributed by atoms with Crippen LogP contribution in [0.3, 0.4) is 0 Å². The van der Waals surface area contributed by atoms with E-state index in [2.05, 4.69) is 36.8 Å². The monoisotopic (exact) mass is 329 g/mol. The maximum absolute atomic E-state index is 11.1. The number of H-pyrrole nitrogens is 1. The Morgan fingerprint density at radius 1 is 1.46 bits per heavy atom. The molecule has 1 rings (SSSR count). The van der Waals surface area contributed by atoms with Crippen LogP contribution in [0.25, 0.3) is 0 Å². The summed E-state index contributed by atoms with van der Waals surface area (Å²) in [5.41, 5.74) is -1.12. The molecule has 0 fully saturated rings. The van der Waals surface area contributed by atoms with Gasteiger partial charge in [0, 0.05) is 0 Å². The first kappa shape index (κ1) is 10.7. The van der Waals surface area contributed by atoms with E-state index in [1.54, 1.807) is 0 Å². The molecule has 0 bridgehead atoms. The predicted octanol–water partition coefficient (Wildman–Crippen LogP) is 2.25. The summed E-state index contributed by atoms with van der Waals surface area (Å²) in [5.74, 6) is -1.33. The van der Waals surface area contributed by atoms with Crippen molar-refractivity contribution in [3.63, 3.8) is 0 Å². The standard InChI is InChI=1S/C6H2Br2ClNO3/c7-2-1(6(12)13)5(11)10-4(8)3(2)9/h(H,10,11)(H,12,13). The number of aromatic nitrogens is 1. The van der Waals surface area contributed by atoms with Crippen molar-refractivity contribution in [1.82, 2.24) is 4.98 Å². The average Bonchev–Trinajstić information content (AvgIpc) is 1.99. The molecule has 1 aromatic rings. The molecular formula is C6H2Br2ClNO3. The van der Waals surface area contributed by atoms with Gasteiger partial charge >= 0.3 is 5.97 Å². The molecule has 1 heterocycles. The molecule has 2 N–H and O–H groups in total. The summed E-state index contributed by atoms with van der Waals surface area (Å²) in [6.45, 7) is 0. The number of rotatable bonds is 1. The van der Waals surface area contributed by atoms with Crippen molar-refractivity contribution in [3.8, 4) is 0 Å². The summed E-state index contributed by atoms with van der Waals surface area (Å²) in [6, 6.07) is 0. The number of carboxylic acids is 1. The van der Waals surface area contributed by atoms with E-state index < -0.39 is 17.1 Å². The third kappa shape index (κ3) is 1.95. The summed E-state index contributed by atoms with van der Waals surface area (Å²) >= 11 is 11.6. The molecule has 7 heteroatoms. The quantitative estimate of drug-likeness (QED) is 0.776. The van der Waals surface area contributed by atoms with Crippen molar-refractivity contribution in [1.29, 1.82) is 0 Å². The lowest BCUT2D eigenvalue weighted by Gasteiger charge is -2.01. The highest BCUT2D eigenvalue weighted by Crippen LogP contribution is 2.29. The number of nitrogens with one attached hydrogen (secondary N) is 1. The van der Waals surface area contributed by atoms with Crippen molar-refractivity contribution in [2.24, 2.45) is 0 Å². The van der Waals surface area contributed by atoms with Gasteiger partial charge in [-0.05, 0) is 31.9 Å². The minimum atomic E-state index is -1.33. The first-order chi connectivity index (χ1) is 5.95. The van der Waals surface area contributed by atoms with Gasteiger partial charge in [-0.25, -0.2) is 4.79 Å². The lowest BCUT2D eigenvalue weighted by Crippen LogP contribution is -2.18. The van der Waals surface area contributed by atoms with E-state index in [-0.39, 0.29) is 14.1 Å². The molecule has 0 aromatic carbocycles. The molecular weight excluding hydrogens is 329 g/mol. The molecule has 0 atom stereocenters. The number of carbonyl (C=O) groups is 1. The maximum Gasteiger partial charge on any atom is 0.342 e. The smallest absolute Gasteiger partial charge is 0.342 e. The Hall–Kier alpha value is -0.330. The first-order valence-electron chi connectivity index (χ1n) is 2.95. The predicted molar refractivity (Wildman–Crippen MR) is 54.4 cm³/mol. The normalized spacial score (nSPS) is 10.1. The molecule has 13 heavy (non-hydrogen) atoms. The average molecular weight is 331 g/mol. The number of aromatic amines is 1. The van der Waals surface area contributed by atoms with Crippen LogP contribution in [0.5, 0.6) is 0 Å². The van der Waals surface area contributed by atoms with Gasteiger partial charge in [-0.3, -0.25) is 4.79 Å². The van der Waals surface area contributed by atoms with Crippen LogP contribution in [0.2, 0.25) is 5.02 Å². The van der Waals surface area contributed by atoms with Gasteiger partial charge in [-0.15, -0.1) is 0 Å². The number of carboxylic acid groups (broad SMARTS) is 1. The molecule has 70 valence electrons. The van der Waals surface area contributed by atoms with Crippen molar-refractivity contribution in [3.05, 3.63) is 30.0 Å². The number of aromatic carboxylic acids is 1. The fourth-order valence-corrected chi connectivity index (χ4v) is 2.05. The zero-order chi connectivity index (χ0) is 10.2. The minimum Gasteiger partial charge on any atom is -0.477 e. The number of pyridine rings is 1. The van der Waals surface area contributed by atoms with E-state index in [1.165, 1.54) is 0 Å². The van der Waals surface area contributed by atoms with E-state index in [1.807, 2.05) is 0 Å². The Bertz CT molecular complexity index is 429. The fraction of sp³-hybridized carbons (Fsp3) is 0. The van der Waals surface area contributed by atoms with Crippen LogP contribution in [-0.2, 0) is 0 Å². The van der Waals surface area contributed by atoms with E-state index in [4.69, 9.17) is 16.7 Å². The van der Waals surface area contributed by atoms with Crippen LogP contribution >= 0.6 is 43.5 Å². The Morgan fingerprint density at radius 3 is 2.46 bits per heavy atom. The Balaban J connectivity index is 3.63. The zero-order valence-corrected chi connectivity index (χ0v) is 9.83. The van der Waals surface area contributed by atoms with Crippen LogP contribution in [-0.4, -0.2) is 16.1 Å². The molecule has 0 aliphatic rings.